The zero-order valence-electron chi connectivity index (χ0n) is 7.42. The van der Waals surface area contributed by atoms with Gasteiger partial charge in [-0.15, -0.1) is 0 Å². The number of rotatable bonds is 4. The fourth-order valence-electron chi connectivity index (χ4n) is 1.04. The van der Waals surface area contributed by atoms with E-state index < -0.39 is 0 Å². The van der Waals surface area contributed by atoms with Gasteiger partial charge in [0.25, 0.3) is 0 Å². The van der Waals surface area contributed by atoms with E-state index in [1.165, 1.54) is 10.7 Å². The van der Waals surface area contributed by atoms with E-state index in [1.807, 2.05) is 24.3 Å². The standard InChI is InChI=1S/C10H11IO2/c1-13-7-10(12)6-8-2-4-9(11)5-3-8/h2-5H,6-7H2,1H3. The van der Waals surface area contributed by atoms with Crippen LogP contribution in [-0.4, -0.2) is 19.5 Å². The third-order valence-electron chi connectivity index (χ3n) is 1.62. The summed E-state index contributed by atoms with van der Waals surface area (Å²) in [5.41, 5.74) is 1.04. The first-order chi connectivity index (χ1) is 6.22. The maximum atomic E-state index is 11.2. The molecular formula is C10H11IO2. The molecule has 0 spiro atoms. The van der Waals surface area contributed by atoms with Crippen molar-refractivity contribution in [3.05, 3.63) is 33.4 Å². The molecule has 0 aliphatic carbocycles. The van der Waals surface area contributed by atoms with Crippen LogP contribution in [0.5, 0.6) is 0 Å². The van der Waals surface area contributed by atoms with Crippen LogP contribution in [0.25, 0.3) is 0 Å². The van der Waals surface area contributed by atoms with Crippen molar-refractivity contribution in [3.8, 4) is 0 Å². The number of ketones is 1. The molecule has 2 nitrogen and oxygen atoms in total. The third-order valence-corrected chi connectivity index (χ3v) is 2.34. The average Bonchev–Trinajstić information content (AvgIpc) is 2.09. The lowest BCUT2D eigenvalue weighted by atomic mass is 10.1. The van der Waals surface area contributed by atoms with Crippen LogP contribution in [0.1, 0.15) is 5.56 Å². The van der Waals surface area contributed by atoms with Gasteiger partial charge in [-0.3, -0.25) is 4.79 Å². The molecule has 1 aromatic rings. The van der Waals surface area contributed by atoms with Crippen molar-refractivity contribution in [2.24, 2.45) is 0 Å². The zero-order chi connectivity index (χ0) is 9.68. The summed E-state index contributed by atoms with van der Waals surface area (Å²) in [6, 6.07) is 7.93. The topological polar surface area (TPSA) is 26.3 Å². The van der Waals surface area contributed by atoms with Crippen molar-refractivity contribution in [2.45, 2.75) is 6.42 Å². The molecule has 0 saturated heterocycles. The molecule has 0 radical (unpaired) electrons. The molecule has 0 saturated carbocycles. The number of methoxy groups -OCH3 is 1. The van der Waals surface area contributed by atoms with E-state index in [1.54, 1.807) is 0 Å². The molecule has 0 aromatic heterocycles. The Morgan fingerprint density at radius 3 is 2.54 bits per heavy atom. The molecule has 0 fully saturated rings. The van der Waals surface area contributed by atoms with Crippen LogP contribution in [0, 0.1) is 3.57 Å². The van der Waals surface area contributed by atoms with Gasteiger partial charge in [0.1, 0.15) is 6.61 Å². The van der Waals surface area contributed by atoms with E-state index in [0.717, 1.165) is 5.56 Å². The summed E-state index contributed by atoms with van der Waals surface area (Å²) in [4.78, 5) is 11.2. The van der Waals surface area contributed by atoms with Crippen LogP contribution < -0.4 is 0 Å². The van der Waals surface area contributed by atoms with E-state index in [4.69, 9.17) is 4.74 Å². The predicted octanol–water partition coefficient (Wildman–Crippen LogP) is 2.05. The minimum atomic E-state index is 0.115. The molecule has 0 heterocycles. The van der Waals surface area contributed by atoms with Crippen molar-refractivity contribution in [3.63, 3.8) is 0 Å². The Morgan fingerprint density at radius 2 is 2.00 bits per heavy atom. The molecule has 70 valence electrons. The van der Waals surface area contributed by atoms with Crippen LogP contribution in [-0.2, 0) is 16.0 Å². The van der Waals surface area contributed by atoms with Crippen LogP contribution in [0.15, 0.2) is 24.3 Å². The average molecular weight is 290 g/mol. The number of carbonyl (C=O) groups is 1. The second-order valence-corrected chi connectivity index (χ2v) is 4.02. The number of hydrogen-bond donors (Lipinski definition) is 0. The summed E-state index contributed by atoms with van der Waals surface area (Å²) in [6.45, 7) is 0.200. The summed E-state index contributed by atoms with van der Waals surface area (Å²) in [5, 5.41) is 0. The molecule has 13 heavy (non-hydrogen) atoms. The summed E-state index contributed by atoms with van der Waals surface area (Å²) < 4.78 is 5.93. The monoisotopic (exact) mass is 290 g/mol. The van der Waals surface area contributed by atoms with Gasteiger partial charge < -0.3 is 4.74 Å². The Balaban J connectivity index is 2.54. The molecule has 0 aliphatic heterocycles. The first kappa shape index (κ1) is 10.7. The summed E-state index contributed by atoms with van der Waals surface area (Å²) in [7, 11) is 1.53. The Kier molecular flexibility index (Phi) is 4.38. The van der Waals surface area contributed by atoms with Gasteiger partial charge in [0.2, 0.25) is 0 Å². The Labute approximate surface area is 91.4 Å². The maximum absolute atomic E-state index is 11.2. The van der Waals surface area contributed by atoms with Crippen LogP contribution in [0.4, 0.5) is 0 Å². The molecule has 0 atom stereocenters. The zero-order valence-corrected chi connectivity index (χ0v) is 9.58. The fourth-order valence-corrected chi connectivity index (χ4v) is 1.40. The van der Waals surface area contributed by atoms with Crippen molar-refractivity contribution >= 4 is 28.4 Å². The second-order valence-electron chi connectivity index (χ2n) is 2.77. The van der Waals surface area contributed by atoms with Crippen molar-refractivity contribution in [1.82, 2.24) is 0 Å². The molecular weight excluding hydrogens is 279 g/mol. The van der Waals surface area contributed by atoms with Crippen molar-refractivity contribution in [2.75, 3.05) is 13.7 Å². The van der Waals surface area contributed by atoms with E-state index in [9.17, 15) is 4.79 Å². The number of carbonyl (C=O) groups excluding carboxylic acids is 1. The highest BCUT2D eigenvalue weighted by atomic mass is 127. The highest BCUT2D eigenvalue weighted by molar-refractivity contribution is 14.1. The van der Waals surface area contributed by atoms with Gasteiger partial charge in [0, 0.05) is 17.1 Å². The Morgan fingerprint density at radius 1 is 1.38 bits per heavy atom. The van der Waals surface area contributed by atoms with Gasteiger partial charge in [-0.2, -0.15) is 0 Å². The number of halogens is 1. The van der Waals surface area contributed by atoms with Gasteiger partial charge in [-0.25, -0.2) is 0 Å². The molecule has 0 bridgehead atoms. The molecule has 0 amide bonds. The number of benzene rings is 1. The SMILES string of the molecule is COCC(=O)Cc1ccc(I)cc1. The maximum Gasteiger partial charge on any atom is 0.162 e. The van der Waals surface area contributed by atoms with Gasteiger partial charge in [0.15, 0.2) is 5.78 Å². The van der Waals surface area contributed by atoms with E-state index in [2.05, 4.69) is 22.6 Å². The third kappa shape index (κ3) is 3.87. The van der Waals surface area contributed by atoms with Gasteiger partial charge in [-0.05, 0) is 40.3 Å². The highest BCUT2D eigenvalue weighted by Gasteiger charge is 2.02. The summed E-state index contributed by atoms with van der Waals surface area (Å²) >= 11 is 2.24. The number of Topliss-reactive ketones (excluding diaryl/α,β-unsaturated/α-hetero) is 1. The minimum absolute atomic E-state index is 0.115. The first-order valence-electron chi connectivity index (χ1n) is 3.97. The number of ether oxygens (including phenoxy) is 1. The highest BCUT2D eigenvalue weighted by Crippen LogP contribution is 2.07. The summed E-state index contributed by atoms with van der Waals surface area (Å²) in [6.07, 6.45) is 0.463. The molecule has 1 rings (SSSR count). The lowest BCUT2D eigenvalue weighted by Gasteiger charge is -1.99. The van der Waals surface area contributed by atoms with Crippen LogP contribution >= 0.6 is 22.6 Å². The van der Waals surface area contributed by atoms with Gasteiger partial charge >= 0.3 is 0 Å². The minimum Gasteiger partial charge on any atom is -0.377 e. The summed E-state index contributed by atoms with van der Waals surface area (Å²) in [5.74, 6) is 0.115. The lowest BCUT2D eigenvalue weighted by Crippen LogP contribution is -2.09. The van der Waals surface area contributed by atoms with Crippen molar-refractivity contribution < 1.29 is 9.53 Å². The normalized spacial score (nSPS) is 10.0. The molecule has 0 N–H and O–H groups in total. The predicted molar refractivity (Wildman–Crippen MR) is 59.7 cm³/mol. The largest absolute Gasteiger partial charge is 0.377 e. The molecule has 0 aliphatic rings. The van der Waals surface area contributed by atoms with E-state index in [0.29, 0.717) is 6.42 Å². The molecule has 3 heteroatoms. The Bertz CT molecular complexity index is 279. The van der Waals surface area contributed by atoms with Gasteiger partial charge in [0.05, 0.1) is 0 Å². The van der Waals surface area contributed by atoms with E-state index in [-0.39, 0.29) is 12.4 Å². The lowest BCUT2D eigenvalue weighted by molar-refractivity contribution is -0.121. The van der Waals surface area contributed by atoms with E-state index >= 15 is 0 Å². The smallest absolute Gasteiger partial charge is 0.162 e. The Hall–Kier alpha value is -0.420. The van der Waals surface area contributed by atoms with Crippen molar-refractivity contribution in [1.29, 1.82) is 0 Å². The van der Waals surface area contributed by atoms with Crippen LogP contribution in [0.3, 0.4) is 0 Å². The molecule has 0 unspecified atom stereocenters. The quantitative estimate of drug-likeness (QED) is 0.793. The second kappa shape index (κ2) is 5.34. The fraction of sp³-hybridized carbons (Fsp3) is 0.300. The first-order valence-corrected chi connectivity index (χ1v) is 5.05. The van der Waals surface area contributed by atoms with Gasteiger partial charge in [-0.1, -0.05) is 12.1 Å². The van der Waals surface area contributed by atoms with Crippen LogP contribution in [0.2, 0.25) is 0 Å². The molecule has 1 aromatic carbocycles. The number of hydrogen-bond acceptors (Lipinski definition) is 2.